The van der Waals surface area contributed by atoms with Crippen molar-refractivity contribution in [3.63, 3.8) is 0 Å². The highest BCUT2D eigenvalue weighted by Gasteiger charge is 2.62. The number of amides is 1. The van der Waals surface area contributed by atoms with E-state index in [0.717, 1.165) is 0 Å². The average Bonchev–Trinajstić information content (AvgIpc) is 2.36. The lowest BCUT2D eigenvalue weighted by Gasteiger charge is -2.58. The zero-order valence-electron chi connectivity index (χ0n) is 11.8. The maximum atomic E-state index is 12.3. The molecule has 0 bridgehead atoms. The Morgan fingerprint density at radius 2 is 1.84 bits per heavy atom. The quantitative estimate of drug-likeness (QED) is 0.627. The zero-order valence-corrected chi connectivity index (χ0v) is 12.5. The summed E-state index contributed by atoms with van der Waals surface area (Å²) in [6.07, 6.45) is -0.509. The third kappa shape index (κ3) is 2.20. The van der Waals surface area contributed by atoms with Crippen LogP contribution in [0.2, 0.25) is 0 Å². The van der Waals surface area contributed by atoms with E-state index in [1.54, 1.807) is 0 Å². The van der Waals surface area contributed by atoms with Crippen LogP contribution in [-0.2, 0) is 4.79 Å². The number of benzene rings is 1. The molecule has 2 rings (SSSR count). The van der Waals surface area contributed by atoms with Crippen LogP contribution >= 0.6 is 11.6 Å². The van der Waals surface area contributed by atoms with Crippen LogP contribution in [0.5, 0.6) is 5.75 Å². The molecule has 1 fully saturated rings. The van der Waals surface area contributed by atoms with Crippen LogP contribution in [0.1, 0.15) is 27.7 Å². The van der Waals surface area contributed by atoms with Crippen molar-refractivity contribution in [1.82, 2.24) is 4.90 Å². The van der Waals surface area contributed by atoms with Crippen molar-refractivity contribution in [2.75, 3.05) is 0 Å². The van der Waals surface area contributed by atoms with E-state index in [2.05, 4.69) is 0 Å². The number of halogens is 1. The Morgan fingerprint density at radius 3 is 2.32 bits per heavy atom. The summed E-state index contributed by atoms with van der Waals surface area (Å²) < 4.78 is 5.84. The molecule has 1 aromatic rings. The minimum absolute atomic E-state index is 0.00820. The number of ether oxygens (including phenoxy) is 1. The van der Waals surface area contributed by atoms with Crippen LogP contribution in [0.25, 0.3) is 0 Å². The SMILES string of the molecule is CC(C)N1C(=O)[C@@H](Oc2ccccc2)[C@@]1(C)[C@H](C)Cl. The molecule has 104 valence electrons. The molecule has 1 saturated heterocycles. The molecule has 3 nitrogen and oxygen atoms in total. The molecule has 1 amide bonds. The highest BCUT2D eigenvalue weighted by Crippen LogP contribution is 2.41. The van der Waals surface area contributed by atoms with Crippen molar-refractivity contribution >= 4 is 17.5 Å². The summed E-state index contributed by atoms with van der Waals surface area (Å²) in [4.78, 5) is 14.1. The van der Waals surface area contributed by atoms with E-state index in [9.17, 15) is 4.79 Å². The molecule has 1 aliphatic heterocycles. The predicted molar refractivity (Wildman–Crippen MR) is 76.6 cm³/mol. The third-order valence-corrected chi connectivity index (χ3v) is 4.27. The van der Waals surface area contributed by atoms with Gasteiger partial charge in [-0.1, -0.05) is 18.2 Å². The van der Waals surface area contributed by atoms with Gasteiger partial charge in [0.05, 0.1) is 5.38 Å². The third-order valence-electron chi connectivity index (χ3n) is 3.83. The second-order valence-electron chi connectivity index (χ2n) is 5.45. The molecule has 1 heterocycles. The van der Waals surface area contributed by atoms with E-state index >= 15 is 0 Å². The van der Waals surface area contributed by atoms with Crippen molar-refractivity contribution in [2.24, 2.45) is 0 Å². The Kier molecular flexibility index (Phi) is 3.77. The number of hydrogen-bond donors (Lipinski definition) is 0. The van der Waals surface area contributed by atoms with Gasteiger partial charge in [-0.2, -0.15) is 0 Å². The van der Waals surface area contributed by atoms with Crippen LogP contribution in [0, 0.1) is 0 Å². The van der Waals surface area contributed by atoms with Crippen LogP contribution in [0.4, 0.5) is 0 Å². The molecule has 4 heteroatoms. The van der Waals surface area contributed by atoms with Gasteiger partial charge < -0.3 is 9.64 Å². The fourth-order valence-electron chi connectivity index (χ4n) is 2.69. The van der Waals surface area contributed by atoms with Gasteiger partial charge in [-0.15, -0.1) is 11.6 Å². The van der Waals surface area contributed by atoms with Crippen LogP contribution < -0.4 is 4.74 Å². The Balaban J connectivity index is 2.23. The highest BCUT2D eigenvalue weighted by molar-refractivity contribution is 6.22. The summed E-state index contributed by atoms with van der Waals surface area (Å²) in [6, 6.07) is 9.52. The Morgan fingerprint density at radius 1 is 1.26 bits per heavy atom. The second-order valence-corrected chi connectivity index (χ2v) is 6.11. The molecule has 0 saturated carbocycles. The van der Waals surface area contributed by atoms with Crippen molar-refractivity contribution in [1.29, 1.82) is 0 Å². The topological polar surface area (TPSA) is 29.5 Å². The molecule has 1 aliphatic rings. The minimum Gasteiger partial charge on any atom is -0.478 e. The van der Waals surface area contributed by atoms with E-state index in [-0.39, 0.29) is 17.3 Å². The Labute approximate surface area is 119 Å². The smallest absolute Gasteiger partial charge is 0.267 e. The Hall–Kier alpha value is -1.22. The molecule has 0 radical (unpaired) electrons. The summed E-state index contributed by atoms with van der Waals surface area (Å²) >= 11 is 6.31. The second kappa shape index (κ2) is 5.04. The normalized spacial score (nSPS) is 28.2. The first-order chi connectivity index (χ1) is 8.89. The van der Waals surface area contributed by atoms with Gasteiger partial charge in [0.2, 0.25) is 6.10 Å². The fourth-order valence-corrected chi connectivity index (χ4v) is 2.91. The largest absolute Gasteiger partial charge is 0.478 e. The first-order valence-corrected chi connectivity index (χ1v) is 7.01. The van der Waals surface area contributed by atoms with E-state index in [1.807, 2.05) is 62.9 Å². The number of carbonyl (C=O) groups is 1. The van der Waals surface area contributed by atoms with Crippen LogP contribution in [-0.4, -0.2) is 33.9 Å². The van der Waals surface area contributed by atoms with Gasteiger partial charge in [-0.3, -0.25) is 4.79 Å². The first-order valence-electron chi connectivity index (χ1n) is 6.58. The van der Waals surface area contributed by atoms with Gasteiger partial charge in [0.1, 0.15) is 11.3 Å². The molecular weight excluding hydrogens is 262 g/mol. The Bertz CT molecular complexity index is 460. The number of likely N-dealkylation sites (tertiary alicyclic amines) is 1. The van der Waals surface area contributed by atoms with Gasteiger partial charge in [-0.25, -0.2) is 0 Å². The maximum Gasteiger partial charge on any atom is 0.267 e. The standard InChI is InChI=1S/C15H20ClNO2/c1-10(2)17-14(18)13(15(17,4)11(3)16)19-12-8-6-5-7-9-12/h5-11,13H,1-4H3/t11-,13+,15+/m0/s1. The first kappa shape index (κ1) is 14.2. The number of hydrogen-bond acceptors (Lipinski definition) is 2. The van der Waals surface area contributed by atoms with Gasteiger partial charge >= 0.3 is 0 Å². The lowest BCUT2D eigenvalue weighted by molar-refractivity contribution is -0.183. The molecule has 19 heavy (non-hydrogen) atoms. The van der Waals surface area contributed by atoms with E-state index < -0.39 is 11.6 Å². The lowest BCUT2D eigenvalue weighted by atomic mass is 9.78. The molecule has 0 aromatic heterocycles. The van der Waals surface area contributed by atoms with Crippen LogP contribution in [0.15, 0.2) is 30.3 Å². The van der Waals surface area contributed by atoms with Gasteiger partial charge in [0, 0.05) is 6.04 Å². The number of alkyl halides is 1. The predicted octanol–water partition coefficient (Wildman–Crippen LogP) is 3.07. The van der Waals surface area contributed by atoms with Gasteiger partial charge in [0.15, 0.2) is 0 Å². The number of β-lactam (4-membered cyclic amide) rings is 1. The lowest BCUT2D eigenvalue weighted by Crippen LogP contribution is -2.79. The molecule has 0 aliphatic carbocycles. The van der Waals surface area contributed by atoms with E-state index in [0.29, 0.717) is 5.75 Å². The molecule has 0 spiro atoms. The summed E-state index contributed by atoms with van der Waals surface area (Å²) in [6.45, 7) is 7.88. The van der Waals surface area contributed by atoms with Crippen molar-refractivity contribution < 1.29 is 9.53 Å². The van der Waals surface area contributed by atoms with E-state index in [4.69, 9.17) is 16.3 Å². The molecule has 0 N–H and O–H groups in total. The van der Waals surface area contributed by atoms with E-state index in [1.165, 1.54) is 0 Å². The number of rotatable bonds is 4. The minimum atomic E-state index is -0.509. The maximum absolute atomic E-state index is 12.3. The number of para-hydroxylation sites is 1. The van der Waals surface area contributed by atoms with Crippen molar-refractivity contribution in [3.8, 4) is 5.75 Å². The molecule has 3 atom stereocenters. The summed E-state index contributed by atoms with van der Waals surface area (Å²) in [5.74, 6) is 0.710. The monoisotopic (exact) mass is 281 g/mol. The summed E-state index contributed by atoms with van der Waals surface area (Å²) in [7, 11) is 0. The summed E-state index contributed by atoms with van der Waals surface area (Å²) in [5.41, 5.74) is -0.470. The highest BCUT2D eigenvalue weighted by atomic mass is 35.5. The molecule has 1 aromatic carbocycles. The number of nitrogens with zero attached hydrogens (tertiary/aromatic N) is 1. The van der Waals surface area contributed by atoms with Crippen LogP contribution in [0.3, 0.4) is 0 Å². The number of carbonyl (C=O) groups excluding carboxylic acids is 1. The molecular formula is C15H20ClNO2. The average molecular weight is 282 g/mol. The van der Waals surface area contributed by atoms with Crippen molar-refractivity contribution in [3.05, 3.63) is 30.3 Å². The molecule has 0 unspecified atom stereocenters. The van der Waals surface area contributed by atoms with Crippen molar-refractivity contribution in [2.45, 2.75) is 50.8 Å². The van der Waals surface area contributed by atoms with Gasteiger partial charge in [-0.05, 0) is 39.8 Å². The summed E-state index contributed by atoms with van der Waals surface area (Å²) in [5, 5.41) is -0.179. The van der Waals surface area contributed by atoms with Gasteiger partial charge in [0.25, 0.3) is 5.91 Å². The fraction of sp³-hybridized carbons (Fsp3) is 0.533. The zero-order chi connectivity index (χ0) is 14.2.